The molecule has 0 spiro atoms. The third kappa shape index (κ3) is 6.18. The smallest absolute Gasteiger partial charge is 0.258 e. The first-order valence-electron chi connectivity index (χ1n) is 10.3. The van der Waals surface area contributed by atoms with Crippen molar-refractivity contribution in [2.45, 2.75) is 13.3 Å². The van der Waals surface area contributed by atoms with Crippen molar-refractivity contribution in [3.8, 4) is 0 Å². The number of carbonyl (C=O) groups excluding carboxylic acids is 3. The predicted octanol–water partition coefficient (Wildman–Crippen LogP) is 4.36. The Kier molecular flexibility index (Phi) is 7.59. The van der Waals surface area contributed by atoms with E-state index < -0.39 is 0 Å². The van der Waals surface area contributed by atoms with E-state index in [0.29, 0.717) is 23.4 Å². The van der Waals surface area contributed by atoms with E-state index in [1.165, 1.54) is 0 Å². The van der Waals surface area contributed by atoms with Crippen LogP contribution in [0.5, 0.6) is 0 Å². The summed E-state index contributed by atoms with van der Waals surface area (Å²) in [5.41, 5.74) is 3.27. The fourth-order valence-corrected chi connectivity index (χ4v) is 3.00. The highest BCUT2D eigenvalue weighted by Gasteiger charge is 2.14. The fraction of sp³-hybridized carbons (Fsp3) is 0.160. The second-order valence-corrected chi connectivity index (χ2v) is 7.16. The highest BCUT2D eigenvalue weighted by molar-refractivity contribution is 6.06. The number of benzene rings is 3. The van der Waals surface area contributed by atoms with Gasteiger partial charge in [0.25, 0.3) is 5.91 Å². The Balaban J connectivity index is 1.55. The quantitative estimate of drug-likeness (QED) is 0.495. The minimum Gasteiger partial charge on any atom is -0.376 e. The maximum Gasteiger partial charge on any atom is 0.258 e. The topological polar surface area (TPSA) is 90.5 Å². The van der Waals surface area contributed by atoms with E-state index in [1.807, 2.05) is 30.3 Å². The summed E-state index contributed by atoms with van der Waals surface area (Å²) in [6, 6.07) is 23.3. The van der Waals surface area contributed by atoms with Crippen molar-refractivity contribution in [3.05, 3.63) is 84.4 Å². The molecule has 0 heterocycles. The van der Waals surface area contributed by atoms with Crippen LogP contribution in [0.2, 0.25) is 0 Å². The van der Waals surface area contributed by atoms with Crippen LogP contribution in [-0.4, -0.2) is 31.3 Å². The van der Waals surface area contributed by atoms with Crippen molar-refractivity contribution in [2.75, 3.05) is 34.4 Å². The second kappa shape index (κ2) is 10.8. The highest BCUT2D eigenvalue weighted by Crippen LogP contribution is 2.18. The molecule has 32 heavy (non-hydrogen) atoms. The van der Waals surface area contributed by atoms with Crippen molar-refractivity contribution in [1.29, 1.82) is 0 Å². The molecular weight excluding hydrogens is 404 g/mol. The molecule has 0 fully saturated rings. The third-order valence-corrected chi connectivity index (χ3v) is 4.78. The molecule has 164 valence electrons. The summed E-state index contributed by atoms with van der Waals surface area (Å²) in [6.45, 7) is 1.85. The number of nitrogens with one attached hydrogen (secondary N) is 3. The zero-order valence-corrected chi connectivity index (χ0v) is 18.1. The second-order valence-electron chi connectivity index (χ2n) is 7.16. The van der Waals surface area contributed by atoms with Gasteiger partial charge in [-0.3, -0.25) is 14.4 Å². The normalized spacial score (nSPS) is 10.2. The summed E-state index contributed by atoms with van der Waals surface area (Å²) >= 11 is 0. The summed E-state index contributed by atoms with van der Waals surface area (Å²) in [6.07, 6.45) is 0.412. The van der Waals surface area contributed by atoms with E-state index in [2.05, 4.69) is 16.0 Å². The third-order valence-electron chi connectivity index (χ3n) is 4.78. The first-order chi connectivity index (χ1) is 15.5. The molecule has 0 radical (unpaired) electrons. The lowest BCUT2D eigenvalue weighted by Gasteiger charge is -2.17. The average Bonchev–Trinajstić information content (AvgIpc) is 2.83. The first kappa shape index (κ1) is 22.6. The standard InChI is InChI=1S/C25H26N4O3/c1-3-23(30)27-20-14-12-19(13-15-20)26-17-24(31)28-21-9-7-8-18(16-21)25(32)29(2)22-10-5-4-6-11-22/h4-16,26H,3,17H2,1-2H3,(H,27,30)(H,28,31). The summed E-state index contributed by atoms with van der Waals surface area (Å²) in [5, 5.41) is 8.61. The SMILES string of the molecule is CCC(=O)Nc1ccc(NCC(=O)Nc2cccc(C(=O)N(C)c3ccccc3)c2)cc1. The van der Waals surface area contributed by atoms with Crippen LogP contribution in [0.25, 0.3) is 0 Å². The molecule has 0 unspecified atom stereocenters. The Morgan fingerprint density at radius 3 is 2.09 bits per heavy atom. The Labute approximate surface area is 187 Å². The van der Waals surface area contributed by atoms with Crippen LogP contribution in [0.15, 0.2) is 78.9 Å². The van der Waals surface area contributed by atoms with E-state index >= 15 is 0 Å². The average molecular weight is 431 g/mol. The molecule has 0 aromatic heterocycles. The van der Waals surface area contributed by atoms with Gasteiger partial charge >= 0.3 is 0 Å². The number of nitrogens with zero attached hydrogens (tertiary/aromatic N) is 1. The molecule has 7 nitrogen and oxygen atoms in total. The summed E-state index contributed by atoms with van der Waals surface area (Å²) < 4.78 is 0. The summed E-state index contributed by atoms with van der Waals surface area (Å²) in [5.74, 6) is -0.462. The van der Waals surface area contributed by atoms with Gasteiger partial charge in [-0.25, -0.2) is 0 Å². The zero-order valence-electron chi connectivity index (χ0n) is 18.1. The van der Waals surface area contributed by atoms with E-state index in [-0.39, 0.29) is 24.3 Å². The van der Waals surface area contributed by atoms with Gasteiger partial charge in [0.1, 0.15) is 0 Å². The monoisotopic (exact) mass is 430 g/mol. The van der Waals surface area contributed by atoms with Crippen LogP contribution >= 0.6 is 0 Å². The van der Waals surface area contributed by atoms with Gasteiger partial charge in [-0.2, -0.15) is 0 Å². The molecule has 0 bridgehead atoms. The number of rotatable bonds is 8. The fourth-order valence-electron chi connectivity index (χ4n) is 3.00. The largest absolute Gasteiger partial charge is 0.376 e. The Hall–Kier alpha value is -4.13. The molecule has 7 heteroatoms. The van der Waals surface area contributed by atoms with Gasteiger partial charge in [0.05, 0.1) is 6.54 Å². The molecule has 3 rings (SSSR count). The maximum atomic E-state index is 12.8. The molecule has 3 aromatic rings. The lowest BCUT2D eigenvalue weighted by molar-refractivity contribution is -0.116. The van der Waals surface area contributed by atoms with Crippen LogP contribution in [0, 0.1) is 0 Å². The van der Waals surface area contributed by atoms with Crippen molar-refractivity contribution >= 4 is 40.5 Å². The van der Waals surface area contributed by atoms with Gasteiger partial charge in [-0.1, -0.05) is 31.2 Å². The van der Waals surface area contributed by atoms with E-state index in [4.69, 9.17) is 0 Å². The van der Waals surface area contributed by atoms with Gasteiger partial charge in [0.15, 0.2) is 0 Å². The molecule has 3 N–H and O–H groups in total. The molecule has 0 aliphatic heterocycles. The molecule has 0 aliphatic rings. The number of anilines is 4. The summed E-state index contributed by atoms with van der Waals surface area (Å²) in [4.78, 5) is 38.1. The van der Waals surface area contributed by atoms with Crippen LogP contribution < -0.4 is 20.9 Å². The highest BCUT2D eigenvalue weighted by atomic mass is 16.2. The predicted molar refractivity (Wildman–Crippen MR) is 128 cm³/mol. The van der Waals surface area contributed by atoms with E-state index in [1.54, 1.807) is 67.4 Å². The number of hydrogen-bond acceptors (Lipinski definition) is 4. The van der Waals surface area contributed by atoms with Gasteiger partial charge in [0, 0.05) is 41.8 Å². The Morgan fingerprint density at radius 2 is 1.41 bits per heavy atom. The van der Waals surface area contributed by atoms with Crippen molar-refractivity contribution in [2.24, 2.45) is 0 Å². The molecular formula is C25H26N4O3. The molecule has 3 amide bonds. The minimum atomic E-state index is -0.241. The number of carbonyl (C=O) groups is 3. The molecule has 0 aliphatic carbocycles. The van der Waals surface area contributed by atoms with Gasteiger partial charge < -0.3 is 20.9 Å². The lowest BCUT2D eigenvalue weighted by atomic mass is 10.1. The minimum absolute atomic E-state index is 0.0549. The van der Waals surface area contributed by atoms with Crippen molar-refractivity contribution in [1.82, 2.24) is 0 Å². The lowest BCUT2D eigenvalue weighted by Crippen LogP contribution is -2.26. The number of para-hydroxylation sites is 1. The van der Waals surface area contributed by atoms with Gasteiger partial charge in [0.2, 0.25) is 11.8 Å². The number of amides is 3. The molecule has 0 saturated carbocycles. The number of hydrogen-bond donors (Lipinski definition) is 3. The van der Waals surface area contributed by atoms with Crippen molar-refractivity contribution < 1.29 is 14.4 Å². The van der Waals surface area contributed by atoms with E-state index in [9.17, 15) is 14.4 Å². The molecule has 0 atom stereocenters. The zero-order chi connectivity index (χ0) is 22.9. The van der Waals surface area contributed by atoms with Gasteiger partial charge in [-0.05, 0) is 54.6 Å². The van der Waals surface area contributed by atoms with Crippen LogP contribution in [0.3, 0.4) is 0 Å². The van der Waals surface area contributed by atoms with E-state index in [0.717, 1.165) is 11.4 Å². The molecule has 3 aromatic carbocycles. The first-order valence-corrected chi connectivity index (χ1v) is 10.3. The van der Waals surface area contributed by atoms with Crippen LogP contribution in [-0.2, 0) is 9.59 Å². The Morgan fingerprint density at radius 1 is 0.750 bits per heavy atom. The van der Waals surface area contributed by atoms with Crippen LogP contribution in [0.1, 0.15) is 23.7 Å². The Bertz CT molecular complexity index is 1080. The van der Waals surface area contributed by atoms with Crippen LogP contribution in [0.4, 0.5) is 22.7 Å². The summed E-state index contributed by atoms with van der Waals surface area (Å²) in [7, 11) is 1.71. The van der Waals surface area contributed by atoms with Gasteiger partial charge in [-0.15, -0.1) is 0 Å². The maximum absolute atomic E-state index is 12.8. The van der Waals surface area contributed by atoms with Crippen molar-refractivity contribution in [3.63, 3.8) is 0 Å². The molecule has 0 saturated heterocycles.